The highest BCUT2D eigenvalue weighted by atomic mass is 32.2. The van der Waals surface area contributed by atoms with Crippen LogP contribution in [0.2, 0.25) is 0 Å². The van der Waals surface area contributed by atoms with Gasteiger partial charge >= 0.3 is 5.97 Å². The van der Waals surface area contributed by atoms with Crippen LogP contribution in [0.3, 0.4) is 0 Å². The molecule has 0 fully saturated rings. The molecule has 15 heavy (non-hydrogen) atoms. The average Bonchev–Trinajstić information content (AvgIpc) is 2.14. The summed E-state index contributed by atoms with van der Waals surface area (Å²) in [6.45, 7) is 4.10. The standard InChI is InChI=1S/C10H19NO3S/c1-8(10(12)13)4-6-11-9(2)5-7-15(3)14/h4,9,11H,5-7H2,1-3H3,(H,12,13)/b8-4-. The molecule has 0 spiro atoms. The molecule has 5 heteroatoms. The summed E-state index contributed by atoms with van der Waals surface area (Å²) in [6.07, 6.45) is 4.16. The lowest BCUT2D eigenvalue weighted by Gasteiger charge is -2.11. The van der Waals surface area contributed by atoms with Crippen LogP contribution in [0.4, 0.5) is 0 Å². The Morgan fingerprint density at radius 2 is 2.20 bits per heavy atom. The van der Waals surface area contributed by atoms with Crippen molar-refractivity contribution in [2.45, 2.75) is 26.3 Å². The zero-order chi connectivity index (χ0) is 11.8. The molecule has 0 bridgehead atoms. The molecule has 88 valence electrons. The number of carboxylic acid groups (broad SMARTS) is 1. The molecule has 0 radical (unpaired) electrons. The average molecular weight is 233 g/mol. The zero-order valence-corrected chi connectivity index (χ0v) is 10.3. The summed E-state index contributed by atoms with van der Waals surface area (Å²) in [5.74, 6) is -0.213. The topological polar surface area (TPSA) is 66.4 Å². The van der Waals surface area contributed by atoms with E-state index in [9.17, 15) is 9.00 Å². The van der Waals surface area contributed by atoms with Crippen molar-refractivity contribution in [1.29, 1.82) is 0 Å². The molecule has 0 amide bonds. The maximum Gasteiger partial charge on any atom is 0.330 e. The van der Waals surface area contributed by atoms with Gasteiger partial charge in [-0.25, -0.2) is 4.79 Å². The highest BCUT2D eigenvalue weighted by molar-refractivity contribution is 7.84. The Hall–Kier alpha value is -0.680. The second-order valence-electron chi connectivity index (χ2n) is 3.57. The van der Waals surface area contributed by atoms with Crippen molar-refractivity contribution < 1.29 is 14.1 Å². The van der Waals surface area contributed by atoms with Crippen LogP contribution in [0.5, 0.6) is 0 Å². The molecule has 0 aliphatic heterocycles. The van der Waals surface area contributed by atoms with Gasteiger partial charge in [0.05, 0.1) is 0 Å². The minimum Gasteiger partial charge on any atom is -0.478 e. The number of nitrogens with one attached hydrogen (secondary N) is 1. The second-order valence-corrected chi connectivity index (χ2v) is 5.12. The number of hydrogen-bond donors (Lipinski definition) is 2. The lowest BCUT2D eigenvalue weighted by atomic mass is 10.2. The van der Waals surface area contributed by atoms with Gasteiger partial charge in [0.15, 0.2) is 0 Å². The Morgan fingerprint density at radius 1 is 1.60 bits per heavy atom. The van der Waals surface area contributed by atoms with Crippen LogP contribution in [0, 0.1) is 0 Å². The molecule has 0 aromatic rings. The van der Waals surface area contributed by atoms with Crippen LogP contribution in [0.1, 0.15) is 20.3 Å². The minimum absolute atomic E-state index is 0.256. The van der Waals surface area contributed by atoms with Gasteiger partial charge in [-0.15, -0.1) is 0 Å². The normalized spacial score (nSPS) is 16.1. The quantitative estimate of drug-likeness (QED) is 0.637. The molecule has 2 unspecified atom stereocenters. The highest BCUT2D eigenvalue weighted by Crippen LogP contribution is 1.94. The molecular formula is C10H19NO3S. The fraction of sp³-hybridized carbons (Fsp3) is 0.700. The van der Waals surface area contributed by atoms with Crippen molar-refractivity contribution in [3.8, 4) is 0 Å². The molecular weight excluding hydrogens is 214 g/mol. The summed E-state index contributed by atoms with van der Waals surface area (Å²) in [5.41, 5.74) is 0.341. The van der Waals surface area contributed by atoms with E-state index in [4.69, 9.17) is 5.11 Å². The monoisotopic (exact) mass is 233 g/mol. The van der Waals surface area contributed by atoms with Gasteiger partial charge in [-0.2, -0.15) is 0 Å². The number of rotatable bonds is 7. The SMILES string of the molecule is C/C(=C/CNC(C)CCS(C)=O)C(=O)O. The van der Waals surface area contributed by atoms with Gasteiger partial charge in [-0.05, 0) is 20.3 Å². The number of carboxylic acids is 1. The van der Waals surface area contributed by atoms with Gasteiger partial charge < -0.3 is 10.4 Å². The van der Waals surface area contributed by atoms with Crippen molar-refractivity contribution in [3.63, 3.8) is 0 Å². The van der Waals surface area contributed by atoms with E-state index in [1.54, 1.807) is 19.3 Å². The van der Waals surface area contributed by atoms with E-state index in [1.165, 1.54) is 0 Å². The van der Waals surface area contributed by atoms with E-state index in [0.29, 0.717) is 17.9 Å². The first kappa shape index (κ1) is 14.3. The first-order chi connectivity index (χ1) is 6.93. The number of aliphatic carboxylic acids is 1. The molecule has 4 nitrogen and oxygen atoms in total. The van der Waals surface area contributed by atoms with Crippen LogP contribution >= 0.6 is 0 Å². The molecule has 0 aromatic heterocycles. The minimum atomic E-state index is -0.890. The van der Waals surface area contributed by atoms with Crippen molar-refractivity contribution in [2.75, 3.05) is 18.6 Å². The van der Waals surface area contributed by atoms with Gasteiger partial charge in [0.2, 0.25) is 0 Å². The van der Waals surface area contributed by atoms with Gasteiger partial charge in [0.25, 0.3) is 0 Å². The van der Waals surface area contributed by atoms with Crippen LogP contribution in [0.25, 0.3) is 0 Å². The fourth-order valence-corrected chi connectivity index (χ4v) is 1.63. The summed E-state index contributed by atoms with van der Waals surface area (Å²) in [5, 5.41) is 11.7. The predicted molar refractivity (Wildman–Crippen MR) is 62.4 cm³/mol. The fourth-order valence-electron chi connectivity index (χ4n) is 0.945. The summed E-state index contributed by atoms with van der Waals surface area (Å²) in [4.78, 5) is 10.5. The van der Waals surface area contributed by atoms with Crippen LogP contribution in [-0.2, 0) is 15.6 Å². The zero-order valence-electron chi connectivity index (χ0n) is 9.45. The molecule has 0 rings (SSSR count). The molecule has 0 aliphatic carbocycles. The third-order valence-corrected chi connectivity index (χ3v) is 2.86. The van der Waals surface area contributed by atoms with Crippen molar-refractivity contribution >= 4 is 16.8 Å². The van der Waals surface area contributed by atoms with Crippen LogP contribution < -0.4 is 5.32 Å². The Labute approximate surface area is 93.2 Å². The van der Waals surface area contributed by atoms with Gasteiger partial charge in [0.1, 0.15) is 0 Å². The van der Waals surface area contributed by atoms with E-state index < -0.39 is 16.8 Å². The van der Waals surface area contributed by atoms with Gasteiger partial charge in [-0.3, -0.25) is 4.21 Å². The smallest absolute Gasteiger partial charge is 0.330 e. The van der Waals surface area contributed by atoms with Crippen molar-refractivity contribution in [1.82, 2.24) is 5.32 Å². The predicted octanol–water partition coefficient (Wildman–Crippen LogP) is 0.764. The van der Waals surface area contributed by atoms with E-state index in [-0.39, 0.29) is 6.04 Å². The van der Waals surface area contributed by atoms with E-state index >= 15 is 0 Å². The molecule has 0 aromatic carbocycles. The van der Waals surface area contributed by atoms with E-state index in [2.05, 4.69) is 5.32 Å². The van der Waals surface area contributed by atoms with Gasteiger partial charge in [0, 0.05) is 41.0 Å². The van der Waals surface area contributed by atoms with Crippen molar-refractivity contribution in [2.24, 2.45) is 0 Å². The Kier molecular flexibility index (Phi) is 7.25. The Morgan fingerprint density at radius 3 is 2.67 bits per heavy atom. The molecule has 2 N–H and O–H groups in total. The molecule has 0 saturated carbocycles. The second kappa shape index (κ2) is 7.59. The van der Waals surface area contributed by atoms with E-state index in [0.717, 1.165) is 6.42 Å². The summed E-state index contributed by atoms with van der Waals surface area (Å²) in [6, 6.07) is 0.256. The molecule has 0 heterocycles. The highest BCUT2D eigenvalue weighted by Gasteiger charge is 2.02. The molecule has 2 atom stereocenters. The van der Waals surface area contributed by atoms with Crippen molar-refractivity contribution in [3.05, 3.63) is 11.6 Å². The largest absolute Gasteiger partial charge is 0.478 e. The third kappa shape index (κ3) is 8.32. The number of hydrogen-bond acceptors (Lipinski definition) is 3. The maximum absolute atomic E-state index is 10.8. The summed E-state index contributed by atoms with van der Waals surface area (Å²) in [7, 11) is -0.757. The molecule has 0 saturated heterocycles. The van der Waals surface area contributed by atoms with Crippen LogP contribution in [0.15, 0.2) is 11.6 Å². The summed E-state index contributed by atoms with van der Waals surface area (Å²) < 4.78 is 10.8. The van der Waals surface area contributed by atoms with E-state index in [1.807, 2.05) is 6.92 Å². The lowest BCUT2D eigenvalue weighted by molar-refractivity contribution is -0.132. The number of carbonyl (C=O) groups is 1. The Bertz CT molecular complexity index is 263. The summed E-state index contributed by atoms with van der Waals surface area (Å²) >= 11 is 0. The van der Waals surface area contributed by atoms with Gasteiger partial charge in [-0.1, -0.05) is 6.08 Å². The Balaban J connectivity index is 3.72. The maximum atomic E-state index is 10.8. The van der Waals surface area contributed by atoms with Crippen LogP contribution in [-0.4, -0.2) is 39.9 Å². The lowest BCUT2D eigenvalue weighted by Crippen LogP contribution is -2.27. The third-order valence-electron chi connectivity index (χ3n) is 2.05. The molecule has 0 aliphatic rings. The first-order valence-electron chi connectivity index (χ1n) is 4.87. The first-order valence-corrected chi connectivity index (χ1v) is 6.59.